The van der Waals surface area contributed by atoms with Crippen molar-refractivity contribution in [2.45, 2.75) is 6.54 Å². The zero-order valence-electron chi connectivity index (χ0n) is 12.1. The summed E-state index contributed by atoms with van der Waals surface area (Å²) < 4.78 is 5.28. The SMILES string of the molecule is COc1ccc2c(CN3CCNCC3)nnc(NN)c2c1. The van der Waals surface area contributed by atoms with Crippen molar-refractivity contribution in [3.63, 3.8) is 0 Å². The maximum Gasteiger partial charge on any atom is 0.170 e. The van der Waals surface area contributed by atoms with Gasteiger partial charge in [-0.1, -0.05) is 0 Å². The van der Waals surface area contributed by atoms with Gasteiger partial charge in [-0.05, 0) is 18.2 Å². The molecule has 1 fully saturated rings. The molecular formula is C14H20N6O. The van der Waals surface area contributed by atoms with Crippen LogP contribution in [-0.2, 0) is 6.54 Å². The van der Waals surface area contributed by atoms with Gasteiger partial charge in [-0.3, -0.25) is 4.90 Å². The highest BCUT2D eigenvalue weighted by atomic mass is 16.5. The number of fused-ring (bicyclic) bond motifs is 1. The second kappa shape index (κ2) is 6.21. The number of nitrogen functional groups attached to an aromatic ring is 1. The molecular weight excluding hydrogens is 268 g/mol. The van der Waals surface area contributed by atoms with Crippen LogP contribution in [0.5, 0.6) is 5.75 Å². The molecule has 7 heteroatoms. The summed E-state index contributed by atoms with van der Waals surface area (Å²) in [5, 5.41) is 13.8. The van der Waals surface area contributed by atoms with Crippen molar-refractivity contribution in [1.82, 2.24) is 20.4 Å². The van der Waals surface area contributed by atoms with Crippen molar-refractivity contribution >= 4 is 16.6 Å². The van der Waals surface area contributed by atoms with Gasteiger partial charge in [0, 0.05) is 43.5 Å². The van der Waals surface area contributed by atoms with Gasteiger partial charge in [0.2, 0.25) is 0 Å². The van der Waals surface area contributed by atoms with Gasteiger partial charge in [0.25, 0.3) is 0 Å². The number of hydrogen-bond donors (Lipinski definition) is 3. The number of nitrogens with two attached hydrogens (primary N) is 1. The number of anilines is 1. The van der Waals surface area contributed by atoms with Crippen LogP contribution in [0.3, 0.4) is 0 Å². The molecule has 0 radical (unpaired) electrons. The van der Waals surface area contributed by atoms with Gasteiger partial charge in [-0.25, -0.2) is 5.84 Å². The fraction of sp³-hybridized carbons (Fsp3) is 0.429. The van der Waals surface area contributed by atoms with Crippen LogP contribution >= 0.6 is 0 Å². The fourth-order valence-corrected chi connectivity index (χ4v) is 2.62. The van der Waals surface area contributed by atoms with Crippen LogP contribution in [0, 0.1) is 0 Å². The third kappa shape index (κ3) is 2.90. The lowest BCUT2D eigenvalue weighted by molar-refractivity contribution is 0.231. The molecule has 0 saturated carbocycles. The van der Waals surface area contributed by atoms with E-state index < -0.39 is 0 Å². The highest BCUT2D eigenvalue weighted by Gasteiger charge is 2.15. The summed E-state index contributed by atoms with van der Waals surface area (Å²) >= 11 is 0. The summed E-state index contributed by atoms with van der Waals surface area (Å²) in [7, 11) is 1.65. The van der Waals surface area contributed by atoms with Gasteiger partial charge < -0.3 is 15.5 Å². The molecule has 0 aliphatic carbocycles. The third-order valence-corrected chi connectivity index (χ3v) is 3.78. The summed E-state index contributed by atoms with van der Waals surface area (Å²) in [6.07, 6.45) is 0. The summed E-state index contributed by atoms with van der Waals surface area (Å²) in [6, 6.07) is 5.88. The molecule has 2 aromatic rings. The zero-order valence-corrected chi connectivity index (χ0v) is 12.1. The molecule has 1 aliphatic heterocycles. The number of nitrogens with zero attached hydrogens (tertiary/aromatic N) is 3. The molecule has 4 N–H and O–H groups in total. The minimum Gasteiger partial charge on any atom is -0.497 e. The number of benzene rings is 1. The monoisotopic (exact) mass is 288 g/mol. The highest BCUT2D eigenvalue weighted by molar-refractivity contribution is 5.93. The molecule has 3 rings (SSSR count). The number of piperazine rings is 1. The number of methoxy groups -OCH3 is 1. The second-order valence-electron chi connectivity index (χ2n) is 5.08. The molecule has 0 spiro atoms. The van der Waals surface area contributed by atoms with E-state index in [1.165, 1.54) is 0 Å². The van der Waals surface area contributed by atoms with Crippen molar-refractivity contribution in [2.24, 2.45) is 5.84 Å². The van der Waals surface area contributed by atoms with Crippen LogP contribution < -0.4 is 21.3 Å². The van der Waals surface area contributed by atoms with E-state index in [1.54, 1.807) is 7.11 Å². The minimum absolute atomic E-state index is 0.563. The van der Waals surface area contributed by atoms with Gasteiger partial charge in [-0.15, -0.1) is 5.10 Å². The molecule has 1 aromatic carbocycles. The van der Waals surface area contributed by atoms with Gasteiger partial charge in [0.05, 0.1) is 12.8 Å². The zero-order chi connectivity index (χ0) is 14.7. The summed E-state index contributed by atoms with van der Waals surface area (Å²) in [5.41, 5.74) is 3.57. The van der Waals surface area contributed by atoms with Crippen LogP contribution in [0.15, 0.2) is 18.2 Å². The largest absolute Gasteiger partial charge is 0.497 e. The standard InChI is InChI=1S/C14H20N6O/c1-21-10-2-3-11-12(8-10)14(17-15)19-18-13(11)9-20-6-4-16-5-7-20/h2-3,8,16H,4-7,9,15H2,1H3,(H,17,19). The molecule has 1 saturated heterocycles. The summed E-state index contributed by atoms with van der Waals surface area (Å²) in [6.45, 7) is 4.87. The molecule has 1 aliphatic rings. The van der Waals surface area contributed by atoms with E-state index in [9.17, 15) is 0 Å². The Balaban J connectivity index is 1.98. The molecule has 0 atom stereocenters. The van der Waals surface area contributed by atoms with Gasteiger partial charge >= 0.3 is 0 Å². The maximum absolute atomic E-state index is 5.53. The highest BCUT2D eigenvalue weighted by Crippen LogP contribution is 2.27. The Hall–Kier alpha value is -1.96. The second-order valence-corrected chi connectivity index (χ2v) is 5.08. The first kappa shape index (κ1) is 14.0. The molecule has 1 aromatic heterocycles. The number of hydrazine groups is 1. The van der Waals surface area contributed by atoms with Crippen molar-refractivity contribution in [3.8, 4) is 5.75 Å². The Bertz CT molecular complexity index is 626. The molecule has 0 unspecified atom stereocenters. The Morgan fingerprint density at radius 3 is 2.81 bits per heavy atom. The van der Waals surface area contributed by atoms with Gasteiger partial charge in [0.15, 0.2) is 5.82 Å². The van der Waals surface area contributed by atoms with Crippen molar-refractivity contribution in [2.75, 3.05) is 38.7 Å². The first-order valence-corrected chi connectivity index (χ1v) is 7.05. The Morgan fingerprint density at radius 2 is 2.10 bits per heavy atom. The van der Waals surface area contributed by atoms with Crippen LogP contribution in [-0.4, -0.2) is 48.4 Å². The van der Waals surface area contributed by atoms with Crippen LogP contribution in [0.4, 0.5) is 5.82 Å². The van der Waals surface area contributed by atoms with E-state index in [0.717, 1.165) is 54.9 Å². The van der Waals surface area contributed by atoms with Crippen molar-refractivity contribution in [1.29, 1.82) is 0 Å². The molecule has 0 amide bonds. The average Bonchev–Trinajstić information content (AvgIpc) is 2.55. The van der Waals surface area contributed by atoms with Crippen molar-refractivity contribution < 1.29 is 4.74 Å². The summed E-state index contributed by atoms with van der Waals surface area (Å²) in [5.74, 6) is 6.87. The maximum atomic E-state index is 5.53. The van der Waals surface area contributed by atoms with E-state index in [-0.39, 0.29) is 0 Å². The van der Waals surface area contributed by atoms with Crippen LogP contribution in [0.25, 0.3) is 10.8 Å². The number of nitrogens with one attached hydrogen (secondary N) is 2. The normalized spacial score (nSPS) is 16.1. The predicted octanol–water partition coefficient (Wildman–Crippen LogP) is 0.329. The summed E-state index contributed by atoms with van der Waals surface area (Å²) in [4.78, 5) is 2.37. The first-order valence-electron chi connectivity index (χ1n) is 7.05. The van der Waals surface area contributed by atoms with Crippen molar-refractivity contribution in [3.05, 3.63) is 23.9 Å². The van der Waals surface area contributed by atoms with E-state index in [1.807, 2.05) is 18.2 Å². The minimum atomic E-state index is 0.563. The Morgan fingerprint density at radius 1 is 1.29 bits per heavy atom. The topological polar surface area (TPSA) is 88.3 Å². The molecule has 112 valence electrons. The Labute approximate surface area is 123 Å². The fourth-order valence-electron chi connectivity index (χ4n) is 2.62. The van der Waals surface area contributed by atoms with E-state index in [2.05, 4.69) is 25.8 Å². The predicted molar refractivity (Wildman–Crippen MR) is 82.0 cm³/mol. The van der Waals surface area contributed by atoms with Crippen LogP contribution in [0.2, 0.25) is 0 Å². The number of rotatable bonds is 4. The van der Waals surface area contributed by atoms with Crippen LogP contribution in [0.1, 0.15) is 5.69 Å². The molecule has 2 heterocycles. The lowest BCUT2D eigenvalue weighted by Gasteiger charge is -2.27. The lowest BCUT2D eigenvalue weighted by Crippen LogP contribution is -2.43. The van der Waals surface area contributed by atoms with E-state index in [4.69, 9.17) is 10.6 Å². The Kier molecular flexibility index (Phi) is 4.14. The number of ether oxygens (including phenoxy) is 1. The lowest BCUT2D eigenvalue weighted by atomic mass is 10.1. The van der Waals surface area contributed by atoms with E-state index >= 15 is 0 Å². The molecule has 0 bridgehead atoms. The number of hydrogen-bond acceptors (Lipinski definition) is 7. The molecule has 7 nitrogen and oxygen atoms in total. The van der Waals surface area contributed by atoms with Gasteiger partial charge in [0.1, 0.15) is 5.75 Å². The smallest absolute Gasteiger partial charge is 0.170 e. The third-order valence-electron chi connectivity index (χ3n) is 3.78. The number of aromatic nitrogens is 2. The quantitative estimate of drug-likeness (QED) is 0.552. The average molecular weight is 288 g/mol. The first-order chi connectivity index (χ1) is 10.3. The molecule has 21 heavy (non-hydrogen) atoms. The van der Waals surface area contributed by atoms with E-state index in [0.29, 0.717) is 5.82 Å². The van der Waals surface area contributed by atoms with Gasteiger partial charge in [-0.2, -0.15) is 5.10 Å².